The lowest BCUT2D eigenvalue weighted by Gasteiger charge is -2.32. The number of thioether (sulfide) groups is 1. The fraction of sp³-hybridized carbons (Fsp3) is 0.611. The summed E-state index contributed by atoms with van der Waals surface area (Å²) >= 11 is 3.13. The predicted octanol–water partition coefficient (Wildman–Crippen LogP) is 2.86. The number of carbonyl (C=O) groups excluding carboxylic acids is 1. The number of piperidine rings is 1. The molecule has 1 aliphatic carbocycles. The average Bonchev–Trinajstić information content (AvgIpc) is 3.20. The Bertz CT molecular complexity index is 733. The zero-order valence-electron chi connectivity index (χ0n) is 15.1. The van der Waals surface area contributed by atoms with Crippen LogP contribution in [0.1, 0.15) is 32.6 Å². The molecule has 0 radical (unpaired) electrons. The summed E-state index contributed by atoms with van der Waals surface area (Å²) in [6, 6.07) is 5.23. The van der Waals surface area contributed by atoms with Gasteiger partial charge < -0.3 is 14.8 Å². The van der Waals surface area contributed by atoms with E-state index in [9.17, 15) is 4.79 Å². The topological polar surface area (TPSA) is 63.1 Å². The van der Waals surface area contributed by atoms with Crippen molar-refractivity contribution in [3.05, 3.63) is 17.5 Å². The molecule has 1 aliphatic heterocycles. The number of hydrogen-bond acceptors (Lipinski definition) is 6. The summed E-state index contributed by atoms with van der Waals surface area (Å²) in [5.41, 5.74) is 0. The Balaban J connectivity index is 1.28. The van der Waals surface area contributed by atoms with Gasteiger partial charge in [-0.2, -0.15) is 0 Å². The monoisotopic (exact) mass is 391 g/mol. The van der Waals surface area contributed by atoms with Gasteiger partial charge in [-0.15, -0.1) is 21.5 Å². The highest BCUT2D eigenvalue weighted by molar-refractivity contribution is 7.99. The molecular weight excluding hydrogens is 366 g/mol. The van der Waals surface area contributed by atoms with Crippen LogP contribution in [0.2, 0.25) is 0 Å². The number of thiophene rings is 1. The summed E-state index contributed by atoms with van der Waals surface area (Å²) in [6.45, 7) is 5.12. The van der Waals surface area contributed by atoms with E-state index in [4.69, 9.17) is 0 Å². The summed E-state index contributed by atoms with van der Waals surface area (Å²) in [6.07, 6.45) is 4.86. The molecule has 2 aliphatic rings. The van der Waals surface area contributed by atoms with Crippen LogP contribution in [0, 0.1) is 0 Å². The molecule has 4 rings (SSSR count). The van der Waals surface area contributed by atoms with Gasteiger partial charge in [-0.1, -0.05) is 17.8 Å². The van der Waals surface area contributed by atoms with Crippen LogP contribution < -0.4 is 5.32 Å². The maximum absolute atomic E-state index is 12.3. The third-order valence-electron chi connectivity index (χ3n) is 5.06. The number of rotatable bonds is 7. The largest absolute Gasteiger partial charge is 0.353 e. The summed E-state index contributed by atoms with van der Waals surface area (Å²) in [4.78, 5) is 16.0. The van der Waals surface area contributed by atoms with Gasteiger partial charge >= 0.3 is 0 Å². The Morgan fingerprint density at radius 1 is 1.31 bits per heavy atom. The Morgan fingerprint density at radius 3 is 2.77 bits per heavy atom. The minimum absolute atomic E-state index is 0.100. The SMILES string of the molecule is CCn1c(SCC(=O)NC2CCN(C3CC3)CC2)nnc1-c1cccs1. The highest BCUT2D eigenvalue weighted by Crippen LogP contribution is 2.29. The molecule has 26 heavy (non-hydrogen) atoms. The lowest BCUT2D eigenvalue weighted by molar-refractivity contribution is -0.119. The molecule has 1 amide bonds. The van der Waals surface area contributed by atoms with Gasteiger partial charge in [0.25, 0.3) is 0 Å². The molecule has 6 nitrogen and oxygen atoms in total. The Hall–Kier alpha value is -1.38. The van der Waals surface area contributed by atoms with Crippen LogP contribution in [-0.4, -0.2) is 56.5 Å². The van der Waals surface area contributed by atoms with Gasteiger partial charge in [-0.05, 0) is 44.1 Å². The number of hydrogen-bond donors (Lipinski definition) is 1. The van der Waals surface area contributed by atoms with Crippen LogP contribution in [0.25, 0.3) is 10.7 Å². The average molecular weight is 392 g/mol. The molecule has 8 heteroatoms. The van der Waals surface area contributed by atoms with Crippen LogP contribution in [0.3, 0.4) is 0 Å². The lowest BCUT2D eigenvalue weighted by Crippen LogP contribution is -2.45. The summed E-state index contributed by atoms with van der Waals surface area (Å²) in [5.74, 6) is 1.38. The molecule has 1 N–H and O–H groups in total. The first-order valence-corrected chi connectivity index (χ1v) is 11.2. The van der Waals surface area contributed by atoms with Crippen LogP contribution in [-0.2, 0) is 11.3 Å². The molecule has 3 heterocycles. The zero-order chi connectivity index (χ0) is 17.9. The smallest absolute Gasteiger partial charge is 0.230 e. The summed E-state index contributed by atoms with van der Waals surface area (Å²) < 4.78 is 2.08. The first-order valence-electron chi connectivity index (χ1n) is 9.38. The van der Waals surface area contributed by atoms with Gasteiger partial charge in [-0.3, -0.25) is 4.79 Å². The molecular formula is C18H25N5OS2. The van der Waals surface area contributed by atoms with Crippen molar-refractivity contribution >= 4 is 29.0 Å². The first kappa shape index (κ1) is 18.0. The van der Waals surface area contributed by atoms with Crippen LogP contribution in [0.4, 0.5) is 0 Å². The van der Waals surface area contributed by atoms with Crippen molar-refractivity contribution in [1.29, 1.82) is 0 Å². The van der Waals surface area contributed by atoms with Crippen molar-refractivity contribution in [1.82, 2.24) is 25.0 Å². The minimum Gasteiger partial charge on any atom is -0.353 e. The van der Waals surface area contributed by atoms with Gasteiger partial charge in [-0.25, -0.2) is 0 Å². The minimum atomic E-state index is 0.100. The second-order valence-electron chi connectivity index (χ2n) is 6.93. The second-order valence-corrected chi connectivity index (χ2v) is 8.82. The van der Waals surface area contributed by atoms with E-state index in [1.807, 2.05) is 11.4 Å². The van der Waals surface area contributed by atoms with Crippen LogP contribution in [0.5, 0.6) is 0 Å². The molecule has 2 aromatic rings. The number of nitrogens with one attached hydrogen (secondary N) is 1. The molecule has 140 valence electrons. The highest BCUT2D eigenvalue weighted by atomic mass is 32.2. The standard InChI is InChI=1S/C18H25N5OS2/c1-2-23-17(15-4-3-11-25-15)20-21-18(23)26-12-16(24)19-13-7-9-22(10-8-13)14-5-6-14/h3-4,11,13-14H,2,5-10,12H2,1H3,(H,19,24). The molecule has 1 saturated heterocycles. The Kier molecular flexibility index (Phi) is 5.61. The fourth-order valence-corrected chi connectivity index (χ4v) is 5.05. The fourth-order valence-electron chi connectivity index (χ4n) is 3.52. The highest BCUT2D eigenvalue weighted by Gasteiger charge is 2.32. The summed E-state index contributed by atoms with van der Waals surface area (Å²) in [7, 11) is 0. The number of likely N-dealkylation sites (tertiary alicyclic amines) is 1. The van der Waals surface area contributed by atoms with E-state index < -0.39 is 0 Å². The first-order chi connectivity index (χ1) is 12.7. The quantitative estimate of drug-likeness (QED) is 0.736. The Labute approximate surface area is 162 Å². The number of carbonyl (C=O) groups is 1. The van der Waals surface area contributed by atoms with Gasteiger partial charge in [0.1, 0.15) is 0 Å². The lowest BCUT2D eigenvalue weighted by atomic mass is 10.1. The van der Waals surface area contributed by atoms with Crippen molar-refractivity contribution in [3.63, 3.8) is 0 Å². The van der Waals surface area contributed by atoms with E-state index in [1.165, 1.54) is 24.6 Å². The molecule has 1 saturated carbocycles. The van der Waals surface area contributed by atoms with E-state index in [0.717, 1.165) is 54.4 Å². The maximum atomic E-state index is 12.3. The van der Waals surface area contributed by atoms with Crippen LogP contribution >= 0.6 is 23.1 Å². The Morgan fingerprint density at radius 2 is 2.12 bits per heavy atom. The third kappa shape index (κ3) is 4.13. The molecule has 0 bridgehead atoms. The maximum Gasteiger partial charge on any atom is 0.230 e. The van der Waals surface area contributed by atoms with Gasteiger partial charge in [0.05, 0.1) is 10.6 Å². The van der Waals surface area contributed by atoms with Crippen molar-refractivity contribution in [2.45, 2.75) is 56.4 Å². The molecule has 0 spiro atoms. The normalized spacial score (nSPS) is 19.0. The van der Waals surface area contributed by atoms with Crippen molar-refractivity contribution in [2.75, 3.05) is 18.8 Å². The number of nitrogens with zero attached hydrogens (tertiary/aromatic N) is 4. The predicted molar refractivity (Wildman–Crippen MR) is 105 cm³/mol. The van der Waals surface area contributed by atoms with Crippen molar-refractivity contribution < 1.29 is 4.79 Å². The molecule has 0 aromatic carbocycles. The van der Waals surface area contributed by atoms with E-state index in [-0.39, 0.29) is 5.91 Å². The van der Waals surface area contributed by atoms with E-state index in [2.05, 4.69) is 38.0 Å². The van der Waals surface area contributed by atoms with Crippen molar-refractivity contribution in [2.24, 2.45) is 0 Å². The molecule has 2 aromatic heterocycles. The van der Waals surface area contributed by atoms with Crippen molar-refractivity contribution in [3.8, 4) is 10.7 Å². The van der Waals surface area contributed by atoms with E-state index in [0.29, 0.717) is 11.8 Å². The zero-order valence-corrected chi connectivity index (χ0v) is 16.7. The molecule has 0 atom stereocenters. The van der Waals surface area contributed by atoms with E-state index >= 15 is 0 Å². The van der Waals surface area contributed by atoms with Gasteiger partial charge in [0.15, 0.2) is 11.0 Å². The van der Waals surface area contributed by atoms with Crippen LogP contribution in [0.15, 0.2) is 22.7 Å². The molecule has 2 fully saturated rings. The number of amides is 1. The number of aromatic nitrogens is 3. The molecule has 0 unspecified atom stereocenters. The van der Waals surface area contributed by atoms with E-state index in [1.54, 1.807) is 11.3 Å². The second kappa shape index (κ2) is 8.10. The third-order valence-corrected chi connectivity index (χ3v) is 6.90. The van der Waals surface area contributed by atoms with Gasteiger partial charge in [0.2, 0.25) is 5.91 Å². The van der Waals surface area contributed by atoms with Gasteiger partial charge in [0, 0.05) is 31.7 Å². The summed E-state index contributed by atoms with van der Waals surface area (Å²) in [5, 5.41) is 14.7.